The number of rotatable bonds is 2. The average molecular weight is 218 g/mol. The number of nitrogens with one attached hydrogen (secondary N) is 1. The van der Waals surface area contributed by atoms with Crippen molar-refractivity contribution >= 4 is 17.2 Å². The normalized spacial score (nSPS) is 8.88. The Morgan fingerprint density at radius 2 is 1.81 bits per heavy atom. The van der Waals surface area contributed by atoms with Crippen LogP contribution in [0.3, 0.4) is 0 Å². The van der Waals surface area contributed by atoms with Gasteiger partial charge in [0.2, 0.25) is 6.41 Å². The number of benzene rings is 2. The second-order valence-corrected chi connectivity index (χ2v) is 3.00. The summed E-state index contributed by atoms with van der Waals surface area (Å²) in [5.41, 5.74) is 1.75. The third-order valence-electron chi connectivity index (χ3n) is 2.02. The minimum Gasteiger partial charge on any atom is -0.497 e. The zero-order valence-corrected chi connectivity index (χ0v) is 9.01. The second-order valence-electron chi connectivity index (χ2n) is 3.00. The Morgan fingerprint density at radius 1 is 1.19 bits per heavy atom. The van der Waals surface area contributed by atoms with Gasteiger partial charge in [-0.1, -0.05) is 30.3 Å². The predicted molar refractivity (Wildman–Crippen MR) is 63.9 cm³/mol. The fourth-order valence-corrected chi connectivity index (χ4v) is 1.29. The summed E-state index contributed by atoms with van der Waals surface area (Å²) in [7, 11) is 1.68. The van der Waals surface area contributed by atoms with Crippen molar-refractivity contribution in [2.24, 2.45) is 5.84 Å². The van der Waals surface area contributed by atoms with Gasteiger partial charge < -0.3 is 4.74 Å². The van der Waals surface area contributed by atoms with Crippen molar-refractivity contribution < 1.29 is 9.53 Å². The largest absolute Gasteiger partial charge is 0.497 e. The van der Waals surface area contributed by atoms with E-state index in [4.69, 9.17) is 9.53 Å². The Kier molecular flexibility index (Phi) is 4.82. The molecule has 0 aromatic heterocycles. The van der Waals surface area contributed by atoms with Gasteiger partial charge in [0.25, 0.3) is 0 Å². The SMILES string of the molecule is COc1ccc2ccccc2c1.NNC=O. The summed E-state index contributed by atoms with van der Waals surface area (Å²) in [6.07, 6.45) is 0.403. The van der Waals surface area contributed by atoms with Gasteiger partial charge in [0, 0.05) is 0 Å². The fraction of sp³-hybridized carbons (Fsp3) is 0.0833. The van der Waals surface area contributed by atoms with E-state index in [1.54, 1.807) is 12.5 Å². The maximum atomic E-state index is 8.94. The number of amides is 1. The summed E-state index contributed by atoms with van der Waals surface area (Å²) in [5.74, 6) is 5.32. The van der Waals surface area contributed by atoms with E-state index >= 15 is 0 Å². The van der Waals surface area contributed by atoms with Crippen molar-refractivity contribution in [3.05, 3.63) is 42.5 Å². The van der Waals surface area contributed by atoms with E-state index in [1.807, 2.05) is 24.3 Å². The molecule has 0 unspecified atom stereocenters. The summed E-state index contributed by atoms with van der Waals surface area (Å²) < 4.78 is 5.12. The van der Waals surface area contributed by atoms with Gasteiger partial charge in [0.05, 0.1) is 7.11 Å². The van der Waals surface area contributed by atoms with Crippen molar-refractivity contribution in [3.8, 4) is 5.75 Å². The molecule has 0 bridgehead atoms. The van der Waals surface area contributed by atoms with Crippen LogP contribution in [-0.4, -0.2) is 13.5 Å². The first-order valence-electron chi connectivity index (χ1n) is 4.74. The Hall–Kier alpha value is -2.07. The highest BCUT2D eigenvalue weighted by molar-refractivity contribution is 5.83. The number of carbonyl (C=O) groups is 1. The van der Waals surface area contributed by atoms with E-state index < -0.39 is 0 Å². The standard InChI is InChI=1S/C11H10O.CH4N2O/c1-12-11-7-6-9-4-2-3-5-10(9)8-11;2-3-1-4/h2-8H,1H3;1H,2H2,(H,3,4). The number of carbonyl (C=O) groups excluding carboxylic acids is 1. The van der Waals surface area contributed by atoms with Crippen molar-refractivity contribution in [2.75, 3.05) is 7.11 Å². The highest BCUT2D eigenvalue weighted by atomic mass is 16.5. The van der Waals surface area contributed by atoms with Crippen molar-refractivity contribution in [2.45, 2.75) is 0 Å². The van der Waals surface area contributed by atoms with Gasteiger partial charge in [-0.2, -0.15) is 0 Å². The predicted octanol–water partition coefficient (Wildman–Crippen LogP) is 1.45. The Morgan fingerprint density at radius 3 is 2.38 bits per heavy atom. The molecule has 4 nitrogen and oxygen atoms in total. The van der Waals surface area contributed by atoms with Crippen LogP contribution in [0.4, 0.5) is 0 Å². The number of methoxy groups -OCH3 is 1. The molecule has 0 saturated heterocycles. The minimum absolute atomic E-state index is 0.403. The van der Waals surface area contributed by atoms with E-state index in [1.165, 1.54) is 10.8 Å². The highest BCUT2D eigenvalue weighted by Gasteiger charge is 1.93. The maximum Gasteiger partial charge on any atom is 0.221 e. The zero-order chi connectivity index (χ0) is 11.8. The molecule has 0 saturated carbocycles. The lowest BCUT2D eigenvalue weighted by atomic mass is 10.1. The lowest BCUT2D eigenvalue weighted by molar-refractivity contribution is -0.109. The molecule has 0 spiro atoms. The van der Waals surface area contributed by atoms with Gasteiger partial charge in [-0.05, 0) is 22.9 Å². The van der Waals surface area contributed by atoms with Gasteiger partial charge in [-0.15, -0.1) is 0 Å². The molecule has 1 amide bonds. The van der Waals surface area contributed by atoms with Gasteiger partial charge in [0.1, 0.15) is 5.75 Å². The van der Waals surface area contributed by atoms with Crippen LogP contribution >= 0.6 is 0 Å². The van der Waals surface area contributed by atoms with Crippen molar-refractivity contribution in [1.82, 2.24) is 5.43 Å². The van der Waals surface area contributed by atoms with Crippen LogP contribution in [0.15, 0.2) is 42.5 Å². The summed E-state index contributed by atoms with van der Waals surface area (Å²) in [5, 5.41) is 2.47. The molecule has 3 N–H and O–H groups in total. The van der Waals surface area contributed by atoms with Gasteiger partial charge >= 0.3 is 0 Å². The first-order valence-corrected chi connectivity index (χ1v) is 4.74. The molecule has 0 aliphatic carbocycles. The topological polar surface area (TPSA) is 64.3 Å². The summed E-state index contributed by atoms with van der Waals surface area (Å²) >= 11 is 0. The fourth-order valence-electron chi connectivity index (χ4n) is 1.29. The molecule has 0 aliphatic heterocycles. The van der Waals surface area contributed by atoms with E-state index in [2.05, 4.69) is 24.0 Å². The minimum atomic E-state index is 0.403. The van der Waals surface area contributed by atoms with Crippen molar-refractivity contribution in [3.63, 3.8) is 0 Å². The number of hydrazine groups is 1. The molecule has 0 aliphatic rings. The molecule has 0 fully saturated rings. The van der Waals surface area contributed by atoms with Crippen LogP contribution in [0.5, 0.6) is 5.75 Å². The number of nitrogens with two attached hydrogens (primary N) is 1. The molecule has 2 aromatic rings. The molecular formula is C12H14N2O2. The maximum absolute atomic E-state index is 8.94. The highest BCUT2D eigenvalue weighted by Crippen LogP contribution is 2.19. The first kappa shape index (κ1) is 12.0. The van der Waals surface area contributed by atoms with Crippen molar-refractivity contribution in [1.29, 1.82) is 0 Å². The van der Waals surface area contributed by atoms with E-state index in [0.29, 0.717) is 6.41 Å². The second kappa shape index (κ2) is 6.42. The molecule has 84 valence electrons. The molecule has 0 radical (unpaired) electrons. The summed E-state index contributed by atoms with van der Waals surface area (Å²) in [6.45, 7) is 0. The van der Waals surface area contributed by atoms with Crippen LogP contribution in [-0.2, 0) is 4.79 Å². The van der Waals surface area contributed by atoms with Gasteiger partial charge in [-0.25, -0.2) is 5.84 Å². The Labute approximate surface area is 94.0 Å². The van der Waals surface area contributed by atoms with E-state index in [0.717, 1.165) is 5.75 Å². The van der Waals surface area contributed by atoms with Gasteiger partial charge in [0.15, 0.2) is 0 Å². The molecule has 4 heteroatoms. The molecule has 0 atom stereocenters. The average Bonchev–Trinajstić information content (AvgIpc) is 2.38. The van der Waals surface area contributed by atoms with Crippen LogP contribution in [0.25, 0.3) is 10.8 Å². The van der Waals surface area contributed by atoms with Crippen LogP contribution in [0.2, 0.25) is 0 Å². The summed E-state index contributed by atoms with van der Waals surface area (Å²) in [4.78, 5) is 8.94. The van der Waals surface area contributed by atoms with Crippen LogP contribution in [0, 0.1) is 0 Å². The number of ether oxygens (including phenoxy) is 1. The van der Waals surface area contributed by atoms with E-state index in [-0.39, 0.29) is 0 Å². The third kappa shape index (κ3) is 3.25. The summed E-state index contributed by atoms with van der Waals surface area (Å²) in [6, 6.07) is 14.3. The lowest BCUT2D eigenvalue weighted by Crippen LogP contribution is -2.18. The molecular weight excluding hydrogens is 204 g/mol. The van der Waals surface area contributed by atoms with Gasteiger partial charge in [-0.3, -0.25) is 10.2 Å². The molecule has 16 heavy (non-hydrogen) atoms. The Balaban J connectivity index is 0.000000280. The number of hydrogen-bond acceptors (Lipinski definition) is 3. The van der Waals surface area contributed by atoms with Crippen LogP contribution in [0.1, 0.15) is 0 Å². The van der Waals surface area contributed by atoms with E-state index in [9.17, 15) is 0 Å². The first-order chi connectivity index (χ1) is 7.81. The molecule has 2 rings (SSSR count). The zero-order valence-electron chi connectivity index (χ0n) is 9.01. The Bertz CT molecular complexity index is 457. The quantitative estimate of drug-likeness (QED) is 0.347. The lowest BCUT2D eigenvalue weighted by Gasteiger charge is -2.00. The van der Waals surface area contributed by atoms with Crippen LogP contribution < -0.4 is 16.0 Å². The monoisotopic (exact) mass is 218 g/mol. The molecule has 0 heterocycles. The number of hydrogen-bond donors (Lipinski definition) is 2. The third-order valence-corrected chi connectivity index (χ3v) is 2.02. The number of fused-ring (bicyclic) bond motifs is 1. The smallest absolute Gasteiger partial charge is 0.221 e. The molecule has 2 aromatic carbocycles.